The minimum atomic E-state index is -2.26. The summed E-state index contributed by atoms with van der Waals surface area (Å²) in [5.41, 5.74) is 2.62. The van der Waals surface area contributed by atoms with Gasteiger partial charge in [0.1, 0.15) is 0 Å². The maximum absolute atomic E-state index is 3.62. The van der Waals surface area contributed by atoms with Gasteiger partial charge in [-0.25, -0.2) is 0 Å². The monoisotopic (exact) mass is 474 g/mol. The van der Waals surface area contributed by atoms with Gasteiger partial charge < -0.3 is 0 Å². The van der Waals surface area contributed by atoms with E-state index in [4.69, 9.17) is 0 Å². The molecule has 0 amide bonds. The van der Waals surface area contributed by atoms with Crippen LogP contribution < -0.4 is 0 Å². The molecule has 0 spiro atoms. The van der Waals surface area contributed by atoms with Crippen molar-refractivity contribution < 1.29 is 0 Å². The van der Waals surface area contributed by atoms with E-state index in [2.05, 4.69) is 74.0 Å². The summed E-state index contributed by atoms with van der Waals surface area (Å²) in [6.07, 6.45) is 12.0. The maximum atomic E-state index is 3.62. The van der Waals surface area contributed by atoms with E-state index in [1.807, 2.05) is 0 Å². The molecule has 0 atom stereocenters. The molecular formula is C26H42Sn. The number of allylic oxidation sites excluding steroid dienone is 1. The Morgan fingerprint density at radius 3 is 1.78 bits per heavy atom. The van der Waals surface area contributed by atoms with Crippen molar-refractivity contribution in [2.45, 2.75) is 98.8 Å². The Morgan fingerprint density at radius 1 is 0.778 bits per heavy atom. The SMILES string of the molecule is CCCC/C(C#Cc1ccccc1)=[CH]\[Sn]([CH2]CCC)([CH2]CCC)[CH2]CCC. The summed E-state index contributed by atoms with van der Waals surface area (Å²) < 4.78 is 7.44. The number of unbranched alkanes of at least 4 members (excludes halogenated alkanes) is 4. The van der Waals surface area contributed by atoms with Gasteiger partial charge in [0.15, 0.2) is 0 Å². The van der Waals surface area contributed by atoms with Crippen LogP contribution in [0, 0.1) is 11.8 Å². The van der Waals surface area contributed by atoms with Crippen molar-refractivity contribution in [3.8, 4) is 11.8 Å². The molecule has 0 N–H and O–H groups in total. The predicted molar refractivity (Wildman–Crippen MR) is 126 cm³/mol. The first-order chi connectivity index (χ1) is 13.2. The summed E-state index contributed by atoms with van der Waals surface area (Å²) >= 11 is -2.26. The van der Waals surface area contributed by atoms with Crippen LogP contribution in [-0.2, 0) is 0 Å². The second-order valence-electron chi connectivity index (χ2n) is 8.06. The van der Waals surface area contributed by atoms with Gasteiger partial charge in [0.05, 0.1) is 0 Å². The third kappa shape index (κ3) is 10.4. The van der Waals surface area contributed by atoms with E-state index in [-0.39, 0.29) is 0 Å². The van der Waals surface area contributed by atoms with Crippen LogP contribution in [0.5, 0.6) is 0 Å². The number of rotatable bonds is 13. The van der Waals surface area contributed by atoms with Crippen molar-refractivity contribution in [2.75, 3.05) is 0 Å². The zero-order valence-electron chi connectivity index (χ0n) is 18.4. The molecule has 27 heavy (non-hydrogen) atoms. The zero-order chi connectivity index (χ0) is 19.8. The quantitative estimate of drug-likeness (QED) is 0.199. The topological polar surface area (TPSA) is 0 Å². The molecule has 0 aliphatic carbocycles. The summed E-state index contributed by atoms with van der Waals surface area (Å²) in [5.74, 6) is 7.08. The van der Waals surface area contributed by atoms with Crippen molar-refractivity contribution in [1.82, 2.24) is 0 Å². The fourth-order valence-corrected chi connectivity index (χ4v) is 18.9. The van der Waals surface area contributed by atoms with Crippen molar-refractivity contribution in [2.24, 2.45) is 0 Å². The molecule has 0 bridgehead atoms. The third-order valence-corrected chi connectivity index (χ3v) is 19.8. The van der Waals surface area contributed by atoms with Crippen LogP contribution in [0.15, 0.2) is 40.0 Å². The fraction of sp³-hybridized carbons (Fsp3) is 0.615. The minimum absolute atomic E-state index is 1.15. The van der Waals surface area contributed by atoms with Crippen LogP contribution in [-0.4, -0.2) is 18.4 Å². The number of hydrogen-bond donors (Lipinski definition) is 0. The summed E-state index contributed by atoms with van der Waals surface area (Å²) in [6.45, 7) is 9.36. The summed E-state index contributed by atoms with van der Waals surface area (Å²) in [5, 5.41) is 0. The fourth-order valence-electron chi connectivity index (χ4n) is 3.76. The Kier molecular flexibility index (Phi) is 13.8. The Labute approximate surface area is 174 Å². The van der Waals surface area contributed by atoms with E-state index >= 15 is 0 Å². The summed E-state index contributed by atoms with van der Waals surface area (Å²) in [6, 6.07) is 10.5. The van der Waals surface area contributed by atoms with Gasteiger partial charge in [-0.2, -0.15) is 0 Å². The van der Waals surface area contributed by atoms with Crippen LogP contribution >= 0.6 is 0 Å². The van der Waals surface area contributed by atoms with Crippen molar-refractivity contribution in [3.05, 3.63) is 45.6 Å². The van der Waals surface area contributed by atoms with Gasteiger partial charge in [-0.05, 0) is 0 Å². The average molecular weight is 473 g/mol. The zero-order valence-corrected chi connectivity index (χ0v) is 21.3. The van der Waals surface area contributed by atoms with Crippen LogP contribution in [0.3, 0.4) is 0 Å². The van der Waals surface area contributed by atoms with E-state index < -0.39 is 18.4 Å². The van der Waals surface area contributed by atoms with Crippen molar-refractivity contribution in [1.29, 1.82) is 0 Å². The Morgan fingerprint density at radius 2 is 1.30 bits per heavy atom. The van der Waals surface area contributed by atoms with Crippen molar-refractivity contribution in [3.63, 3.8) is 0 Å². The van der Waals surface area contributed by atoms with Gasteiger partial charge in [0.25, 0.3) is 0 Å². The Hall–Kier alpha value is -0.681. The number of benzene rings is 1. The van der Waals surface area contributed by atoms with Crippen molar-refractivity contribution >= 4 is 18.4 Å². The van der Waals surface area contributed by atoms with Gasteiger partial charge in [-0.15, -0.1) is 0 Å². The molecule has 0 heterocycles. The molecule has 0 aromatic heterocycles. The average Bonchev–Trinajstić information content (AvgIpc) is 2.71. The molecule has 1 rings (SSSR count). The summed E-state index contributed by atoms with van der Waals surface area (Å²) in [4.78, 5) is 0. The molecule has 0 unspecified atom stereocenters. The molecule has 0 radical (unpaired) electrons. The van der Waals surface area contributed by atoms with E-state index in [0.717, 1.165) is 5.56 Å². The number of hydrogen-bond acceptors (Lipinski definition) is 0. The van der Waals surface area contributed by atoms with E-state index in [9.17, 15) is 0 Å². The molecule has 0 aliphatic rings. The van der Waals surface area contributed by atoms with E-state index in [1.165, 1.54) is 76.7 Å². The molecule has 0 aliphatic heterocycles. The van der Waals surface area contributed by atoms with E-state index in [0.29, 0.717) is 0 Å². The standard InChI is InChI=1S/C14H15.3C4H9.Sn/c1-3-4-8-13(2)11-12-14-9-6-5-7-10-14;3*1-3-4-2;/h2,5-7,9-10H,3-4,8H2,1H3;3*1,3-4H2,2H3;. The molecule has 0 saturated heterocycles. The first-order valence-electron chi connectivity index (χ1n) is 11.5. The predicted octanol–water partition coefficient (Wildman–Crippen LogP) is 8.54. The van der Waals surface area contributed by atoms with Crippen LogP contribution in [0.2, 0.25) is 13.3 Å². The van der Waals surface area contributed by atoms with Crippen LogP contribution in [0.4, 0.5) is 0 Å². The van der Waals surface area contributed by atoms with Gasteiger partial charge in [0, 0.05) is 0 Å². The normalized spacial score (nSPS) is 11.9. The molecule has 0 nitrogen and oxygen atoms in total. The first kappa shape index (κ1) is 24.4. The first-order valence-corrected chi connectivity index (χ1v) is 19.2. The van der Waals surface area contributed by atoms with Gasteiger partial charge in [-0.3, -0.25) is 0 Å². The third-order valence-electron chi connectivity index (χ3n) is 5.51. The van der Waals surface area contributed by atoms with Gasteiger partial charge >= 0.3 is 175 Å². The molecule has 1 aromatic carbocycles. The Balaban J connectivity index is 3.18. The molecule has 0 saturated carbocycles. The Bertz CT molecular complexity index is 551. The van der Waals surface area contributed by atoms with E-state index in [1.54, 1.807) is 0 Å². The molecular weight excluding hydrogens is 431 g/mol. The molecule has 1 heteroatoms. The second kappa shape index (κ2) is 15.3. The van der Waals surface area contributed by atoms with Gasteiger partial charge in [-0.1, -0.05) is 0 Å². The summed E-state index contributed by atoms with van der Waals surface area (Å²) in [7, 11) is 0. The van der Waals surface area contributed by atoms with Gasteiger partial charge in [0.2, 0.25) is 0 Å². The van der Waals surface area contributed by atoms with Crippen LogP contribution in [0.25, 0.3) is 0 Å². The molecule has 150 valence electrons. The second-order valence-corrected chi connectivity index (χ2v) is 20.9. The molecule has 1 aromatic rings. The molecule has 0 fully saturated rings. The van der Waals surface area contributed by atoms with Crippen LogP contribution in [0.1, 0.15) is 91.0 Å².